The number of fused-ring (bicyclic) bond motifs is 3. The first-order chi connectivity index (χ1) is 6.77. The molecule has 1 aliphatic carbocycles. The summed E-state index contributed by atoms with van der Waals surface area (Å²) in [4.78, 5) is 0. The number of rotatable bonds is 1. The molecule has 0 aromatic heterocycles. The van der Waals surface area contributed by atoms with Crippen LogP contribution < -0.4 is 5.23 Å². The minimum atomic E-state index is -0.884. The van der Waals surface area contributed by atoms with Crippen molar-refractivity contribution >= 4 is 11.8 Å². The van der Waals surface area contributed by atoms with Crippen molar-refractivity contribution in [3.63, 3.8) is 0 Å². The van der Waals surface area contributed by atoms with Crippen molar-refractivity contribution in [2.24, 2.45) is 0 Å². The van der Waals surface area contributed by atoms with Crippen LogP contribution in [0, 0.1) is 5.21 Å². The Labute approximate surface area is 80.6 Å². The molecule has 14 heavy (non-hydrogen) atoms. The standard InChI is InChI=1S/C10H9NO3/c12-11(13)8-3-1-2-7-6(8)4-5-9-10(7)14-9/h1-5,9-12H. The first-order valence-electron chi connectivity index (χ1n) is 4.47. The molecule has 0 amide bonds. The fourth-order valence-electron chi connectivity index (χ4n) is 1.92. The SMILES string of the molecule is [O-][NH+](O)c1cccc2c1C=CC1OC21. The Balaban J connectivity index is 2.18. The van der Waals surface area contributed by atoms with Gasteiger partial charge in [-0.25, -0.2) is 5.21 Å². The summed E-state index contributed by atoms with van der Waals surface area (Å²) in [5.74, 6) is 0. The van der Waals surface area contributed by atoms with E-state index in [0.29, 0.717) is 5.69 Å². The molecule has 3 rings (SSSR count). The van der Waals surface area contributed by atoms with E-state index in [-0.39, 0.29) is 12.2 Å². The molecular formula is C10H9NO3. The van der Waals surface area contributed by atoms with E-state index >= 15 is 0 Å². The molecule has 3 atom stereocenters. The van der Waals surface area contributed by atoms with Crippen LogP contribution in [0.3, 0.4) is 0 Å². The van der Waals surface area contributed by atoms with Crippen LogP contribution in [0.2, 0.25) is 0 Å². The summed E-state index contributed by atoms with van der Waals surface area (Å²) in [7, 11) is 0. The van der Waals surface area contributed by atoms with Gasteiger partial charge in [-0.15, -0.1) is 0 Å². The van der Waals surface area contributed by atoms with Gasteiger partial charge in [-0.1, -0.05) is 18.2 Å². The van der Waals surface area contributed by atoms with Gasteiger partial charge in [0.15, 0.2) is 5.69 Å². The number of ether oxygens (including phenoxy) is 1. The number of benzene rings is 1. The van der Waals surface area contributed by atoms with Crippen molar-refractivity contribution in [1.29, 1.82) is 0 Å². The molecular weight excluding hydrogens is 182 g/mol. The van der Waals surface area contributed by atoms with Gasteiger partial charge in [0.25, 0.3) is 0 Å². The van der Waals surface area contributed by atoms with Crippen molar-refractivity contribution in [3.05, 3.63) is 40.6 Å². The molecule has 1 fully saturated rings. The van der Waals surface area contributed by atoms with Gasteiger partial charge in [-0.3, -0.25) is 0 Å². The maximum Gasteiger partial charge on any atom is 0.171 e. The molecule has 3 unspecified atom stereocenters. The van der Waals surface area contributed by atoms with E-state index in [0.717, 1.165) is 11.1 Å². The first-order valence-corrected chi connectivity index (χ1v) is 4.47. The third-order valence-corrected chi connectivity index (χ3v) is 2.65. The lowest BCUT2D eigenvalue weighted by molar-refractivity contribution is -0.991. The van der Waals surface area contributed by atoms with E-state index in [1.165, 1.54) is 0 Å². The quantitative estimate of drug-likeness (QED) is 0.503. The summed E-state index contributed by atoms with van der Waals surface area (Å²) in [6.07, 6.45) is 4.02. The van der Waals surface area contributed by atoms with Crippen molar-refractivity contribution in [2.75, 3.05) is 0 Å². The summed E-state index contributed by atoms with van der Waals surface area (Å²) < 4.78 is 5.36. The number of nitrogens with one attached hydrogen (secondary N) is 1. The number of hydrogen-bond donors (Lipinski definition) is 2. The van der Waals surface area contributed by atoms with Crippen molar-refractivity contribution in [1.82, 2.24) is 0 Å². The van der Waals surface area contributed by atoms with Crippen molar-refractivity contribution < 1.29 is 15.2 Å². The van der Waals surface area contributed by atoms with Crippen LogP contribution in [0.4, 0.5) is 5.69 Å². The summed E-state index contributed by atoms with van der Waals surface area (Å²) in [6.45, 7) is 0. The summed E-state index contributed by atoms with van der Waals surface area (Å²) >= 11 is 0. The topological polar surface area (TPSA) is 60.3 Å². The molecule has 1 aromatic rings. The monoisotopic (exact) mass is 191 g/mol. The lowest BCUT2D eigenvalue weighted by Gasteiger charge is -2.16. The molecule has 0 spiro atoms. The average Bonchev–Trinajstić information content (AvgIpc) is 2.95. The lowest BCUT2D eigenvalue weighted by atomic mass is 9.96. The van der Waals surface area contributed by atoms with Gasteiger partial charge in [0.2, 0.25) is 0 Å². The second kappa shape index (κ2) is 2.65. The van der Waals surface area contributed by atoms with Gasteiger partial charge >= 0.3 is 0 Å². The third kappa shape index (κ3) is 1.03. The van der Waals surface area contributed by atoms with E-state index in [2.05, 4.69) is 0 Å². The van der Waals surface area contributed by atoms with Gasteiger partial charge in [-0.05, 0) is 11.6 Å². The molecule has 2 aliphatic rings. The highest BCUT2D eigenvalue weighted by atomic mass is 16.8. The zero-order valence-corrected chi connectivity index (χ0v) is 7.31. The third-order valence-electron chi connectivity index (χ3n) is 2.65. The van der Waals surface area contributed by atoms with Gasteiger partial charge in [-0.2, -0.15) is 5.23 Å². The molecule has 0 bridgehead atoms. The smallest absolute Gasteiger partial charge is 0.171 e. The predicted octanol–water partition coefficient (Wildman–Crippen LogP) is 0.557. The zero-order valence-electron chi connectivity index (χ0n) is 7.31. The van der Waals surface area contributed by atoms with Crippen molar-refractivity contribution in [2.45, 2.75) is 12.2 Å². The summed E-state index contributed by atoms with van der Waals surface area (Å²) in [5, 5.41) is 19.0. The van der Waals surface area contributed by atoms with Crippen LogP contribution in [-0.2, 0) is 4.74 Å². The molecule has 0 saturated carbocycles. The van der Waals surface area contributed by atoms with Gasteiger partial charge < -0.3 is 9.94 Å². The minimum Gasteiger partial charge on any atom is -0.595 e. The molecule has 1 aromatic carbocycles. The second-order valence-corrected chi connectivity index (χ2v) is 3.49. The van der Waals surface area contributed by atoms with Crippen LogP contribution in [0.15, 0.2) is 24.3 Å². The molecule has 0 radical (unpaired) electrons. The van der Waals surface area contributed by atoms with Crippen LogP contribution in [0.5, 0.6) is 0 Å². The highest BCUT2D eigenvalue weighted by Gasteiger charge is 2.42. The molecule has 1 aliphatic heterocycles. The number of epoxide rings is 1. The van der Waals surface area contributed by atoms with E-state index in [9.17, 15) is 5.21 Å². The van der Waals surface area contributed by atoms with E-state index in [4.69, 9.17) is 9.94 Å². The van der Waals surface area contributed by atoms with Crippen LogP contribution >= 0.6 is 0 Å². The van der Waals surface area contributed by atoms with Gasteiger partial charge in [0.1, 0.15) is 12.2 Å². The number of quaternary nitrogens is 1. The molecule has 72 valence electrons. The van der Waals surface area contributed by atoms with E-state index < -0.39 is 5.23 Å². The fraction of sp³-hybridized carbons (Fsp3) is 0.200. The highest BCUT2D eigenvalue weighted by Crippen LogP contribution is 2.46. The Morgan fingerprint density at radius 2 is 2.29 bits per heavy atom. The average molecular weight is 191 g/mol. The molecule has 2 N–H and O–H groups in total. The van der Waals surface area contributed by atoms with Crippen LogP contribution in [-0.4, -0.2) is 11.3 Å². The fourth-order valence-corrected chi connectivity index (χ4v) is 1.92. The number of hydrogen-bond acceptors (Lipinski definition) is 3. The Kier molecular flexibility index (Phi) is 1.54. The highest BCUT2D eigenvalue weighted by molar-refractivity contribution is 5.68. The molecule has 4 nitrogen and oxygen atoms in total. The maximum absolute atomic E-state index is 10.9. The zero-order chi connectivity index (χ0) is 9.71. The van der Waals surface area contributed by atoms with Gasteiger partial charge in [0.05, 0.1) is 0 Å². The minimum absolute atomic E-state index is 0.0919. The Morgan fingerprint density at radius 1 is 1.43 bits per heavy atom. The first kappa shape index (κ1) is 8.14. The van der Waals surface area contributed by atoms with Crippen LogP contribution in [0.25, 0.3) is 6.08 Å². The second-order valence-electron chi connectivity index (χ2n) is 3.49. The molecule has 4 heteroatoms. The van der Waals surface area contributed by atoms with Crippen molar-refractivity contribution in [3.8, 4) is 0 Å². The summed E-state index contributed by atoms with van der Waals surface area (Å²) in [6, 6.07) is 5.31. The molecule has 1 heterocycles. The Morgan fingerprint density at radius 3 is 3.07 bits per heavy atom. The predicted molar refractivity (Wildman–Crippen MR) is 48.9 cm³/mol. The Bertz CT molecular complexity index is 414. The van der Waals surface area contributed by atoms with Gasteiger partial charge in [0, 0.05) is 11.6 Å². The molecule has 1 saturated heterocycles. The normalized spacial score (nSPS) is 29.3. The largest absolute Gasteiger partial charge is 0.595 e. The maximum atomic E-state index is 10.9. The lowest BCUT2D eigenvalue weighted by Crippen LogP contribution is -2.99. The van der Waals surface area contributed by atoms with E-state index in [1.807, 2.05) is 18.2 Å². The summed E-state index contributed by atoms with van der Waals surface area (Å²) in [5.41, 5.74) is 2.14. The van der Waals surface area contributed by atoms with Crippen LogP contribution in [0.1, 0.15) is 17.2 Å². The Hall–Kier alpha value is -1.20. The van der Waals surface area contributed by atoms with E-state index in [1.54, 1.807) is 12.1 Å².